The minimum Gasteiger partial charge on any atom is -0.395 e. The average Bonchev–Trinajstić information content (AvgIpc) is 2.74. The Balaban J connectivity index is -0.000000434. The molecule has 0 aromatic carbocycles. The second-order valence-corrected chi connectivity index (χ2v) is 9.18. The summed E-state index contributed by atoms with van der Waals surface area (Å²) in [5.41, 5.74) is 0. The highest BCUT2D eigenvalue weighted by atomic mass is 31.2. The largest absolute Gasteiger partial charge is 0.469 e. The van der Waals surface area contributed by atoms with E-state index in [4.69, 9.17) is 40.4 Å². The number of rotatable bonds is 20. The van der Waals surface area contributed by atoms with Gasteiger partial charge in [-0.3, -0.25) is 14.3 Å². The summed E-state index contributed by atoms with van der Waals surface area (Å²) >= 11 is 0. The van der Waals surface area contributed by atoms with Crippen LogP contribution in [0.2, 0.25) is 0 Å². The standard InChI is InChI=1S/C9H21O4P.2C6H15NO3/c1-9(2)7-5-3-4-6-8-13-14(10,11)12;2*8-4-1-7(2-5-9)3-6-10/h9H,3-8H2,1-2H3,(H2,10,11,12);2*8-10H,1-6H2. The molecule has 0 fully saturated rings. The molecule has 0 aliphatic rings. The van der Waals surface area contributed by atoms with Crippen molar-refractivity contribution in [2.75, 3.05) is 85.5 Å². The van der Waals surface area contributed by atoms with Crippen LogP contribution in [0.25, 0.3) is 0 Å². The van der Waals surface area contributed by atoms with Crippen LogP contribution in [-0.2, 0) is 9.09 Å². The maximum absolute atomic E-state index is 10.3. The molecule has 0 rings (SSSR count). The quantitative estimate of drug-likeness (QED) is 0.0736. The molecule has 0 unspecified atom stereocenters. The zero-order valence-electron chi connectivity index (χ0n) is 21.0. The molecular formula is C21H51N2O10P. The van der Waals surface area contributed by atoms with E-state index in [9.17, 15) is 4.57 Å². The summed E-state index contributed by atoms with van der Waals surface area (Å²) < 4.78 is 14.6. The first-order chi connectivity index (χ1) is 16.1. The molecule has 0 aromatic heterocycles. The fourth-order valence-corrected chi connectivity index (χ4v) is 3.08. The molecule has 0 radical (unpaired) electrons. The van der Waals surface area contributed by atoms with Crippen LogP contribution in [0.3, 0.4) is 0 Å². The number of aliphatic hydroxyl groups excluding tert-OH is 6. The van der Waals surface area contributed by atoms with Crippen LogP contribution in [0.5, 0.6) is 0 Å². The molecule has 0 saturated heterocycles. The van der Waals surface area contributed by atoms with Crippen molar-refractivity contribution in [2.45, 2.75) is 46.0 Å². The van der Waals surface area contributed by atoms with Crippen LogP contribution in [0.4, 0.5) is 0 Å². The molecule has 0 aliphatic carbocycles. The Hall–Kier alpha value is -0.210. The average molecular weight is 523 g/mol. The van der Waals surface area contributed by atoms with Crippen molar-refractivity contribution in [3.05, 3.63) is 0 Å². The van der Waals surface area contributed by atoms with Crippen LogP contribution in [-0.4, -0.2) is 136 Å². The third kappa shape index (κ3) is 36.4. The van der Waals surface area contributed by atoms with Gasteiger partial charge in [-0.1, -0.05) is 39.5 Å². The van der Waals surface area contributed by atoms with Crippen LogP contribution < -0.4 is 0 Å². The Morgan fingerprint density at radius 1 is 0.618 bits per heavy atom. The number of phosphoric acid groups is 1. The Bertz CT molecular complexity index is 384. The van der Waals surface area contributed by atoms with Gasteiger partial charge in [-0.25, -0.2) is 4.57 Å². The number of aliphatic hydroxyl groups is 6. The zero-order valence-corrected chi connectivity index (χ0v) is 21.9. The Kier molecular flexibility index (Phi) is 32.7. The second-order valence-electron chi connectivity index (χ2n) is 7.95. The van der Waals surface area contributed by atoms with E-state index in [1.807, 2.05) is 0 Å². The number of nitrogens with zero attached hydrogens (tertiary/aromatic N) is 2. The van der Waals surface area contributed by atoms with Gasteiger partial charge in [0.15, 0.2) is 0 Å². The number of phosphoric ester groups is 1. The lowest BCUT2D eigenvalue weighted by Gasteiger charge is -2.17. The molecule has 0 spiro atoms. The number of hydrogen-bond acceptors (Lipinski definition) is 10. The molecule has 0 aliphatic heterocycles. The van der Waals surface area contributed by atoms with Crippen molar-refractivity contribution in [3.63, 3.8) is 0 Å². The number of unbranched alkanes of at least 4 members (excludes halogenated alkanes) is 3. The fraction of sp³-hybridized carbons (Fsp3) is 1.00. The van der Waals surface area contributed by atoms with Crippen molar-refractivity contribution in [1.82, 2.24) is 9.80 Å². The summed E-state index contributed by atoms with van der Waals surface area (Å²) in [4.78, 5) is 20.3. The molecule has 0 aromatic rings. The second kappa shape index (κ2) is 29.0. The van der Waals surface area contributed by atoms with Crippen molar-refractivity contribution >= 4 is 7.82 Å². The third-order valence-corrected chi connectivity index (χ3v) is 4.95. The van der Waals surface area contributed by atoms with E-state index >= 15 is 0 Å². The van der Waals surface area contributed by atoms with E-state index in [1.54, 1.807) is 9.80 Å². The first kappa shape index (κ1) is 38.3. The lowest BCUT2D eigenvalue weighted by atomic mass is 10.0. The van der Waals surface area contributed by atoms with Crippen LogP contribution in [0.15, 0.2) is 0 Å². The molecule has 0 heterocycles. The van der Waals surface area contributed by atoms with Gasteiger partial charge < -0.3 is 40.4 Å². The van der Waals surface area contributed by atoms with Gasteiger partial charge in [0.25, 0.3) is 0 Å². The van der Waals surface area contributed by atoms with Crippen LogP contribution in [0.1, 0.15) is 46.0 Å². The van der Waals surface area contributed by atoms with Gasteiger partial charge in [-0.15, -0.1) is 0 Å². The van der Waals surface area contributed by atoms with Gasteiger partial charge in [0.2, 0.25) is 0 Å². The lowest BCUT2D eigenvalue weighted by Crippen LogP contribution is -2.32. The maximum atomic E-state index is 10.3. The van der Waals surface area contributed by atoms with E-state index in [-0.39, 0.29) is 46.2 Å². The molecular weight excluding hydrogens is 471 g/mol. The third-order valence-electron chi connectivity index (χ3n) is 4.43. The van der Waals surface area contributed by atoms with Gasteiger partial charge >= 0.3 is 7.82 Å². The Morgan fingerprint density at radius 3 is 1.21 bits per heavy atom. The highest BCUT2D eigenvalue weighted by Crippen LogP contribution is 2.35. The van der Waals surface area contributed by atoms with Crippen LogP contribution >= 0.6 is 7.82 Å². The van der Waals surface area contributed by atoms with E-state index in [1.165, 1.54) is 12.8 Å². The molecule has 0 saturated carbocycles. The monoisotopic (exact) mass is 522 g/mol. The molecule has 0 bridgehead atoms. The predicted octanol–water partition coefficient (Wildman–Crippen LogP) is -0.767. The van der Waals surface area contributed by atoms with Gasteiger partial charge in [0.05, 0.1) is 46.2 Å². The van der Waals surface area contributed by atoms with Gasteiger partial charge in [-0.2, -0.15) is 0 Å². The molecule has 210 valence electrons. The minimum absolute atomic E-state index is 0.0694. The van der Waals surface area contributed by atoms with Gasteiger partial charge in [-0.05, 0) is 12.3 Å². The van der Waals surface area contributed by atoms with E-state index in [2.05, 4.69) is 18.4 Å². The summed E-state index contributed by atoms with van der Waals surface area (Å²) in [6, 6.07) is 0. The fourth-order valence-electron chi connectivity index (χ4n) is 2.71. The molecule has 34 heavy (non-hydrogen) atoms. The summed E-state index contributed by atoms with van der Waals surface area (Å²) in [5.74, 6) is 0.737. The normalized spacial score (nSPS) is 11.4. The SMILES string of the molecule is CC(C)CCCCCCOP(=O)(O)O.OCCN(CCO)CCO.OCCN(CCO)CCO. The van der Waals surface area contributed by atoms with E-state index in [0.29, 0.717) is 39.3 Å². The van der Waals surface area contributed by atoms with Crippen molar-refractivity contribution in [3.8, 4) is 0 Å². The summed E-state index contributed by atoms with van der Waals surface area (Å²) in [6.45, 7) is 8.05. The molecule has 8 N–H and O–H groups in total. The molecule has 0 atom stereocenters. The first-order valence-corrected chi connectivity index (χ1v) is 13.4. The predicted molar refractivity (Wildman–Crippen MR) is 131 cm³/mol. The van der Waals surface area contributed by atoms with E-state index in [0.717, 1.165) is 25.2 Å². The Morgan fingerprint density at radius 2 is 0.941 bits per heavy atom. The molecule has 13 heteroatoms. The van der Waals surface area contributed by atoms with Crippen LogP contribution in [0, 0.1) is 5.92 Å². The highest BCUT2D eigenvalue weighted by molar-refractivity contribution is 7.46. The summed E-state index contributed by atoms with van der Waals surface area (Å²) in [7, 11) is -4.24. The minimum atomic E-state index is -4.24. The van der Waals surface area contributed by atoms with Crippen molar-refractivity contribution in [1.29, 1.82) is 0 Å². The van der Waals surface area contributed by atoms with Crippen molar-refractivity contribution < 1.29 is 49.5 Å². The Labute approximate surface area is 205 Å². The van der Waals surface area contributed by atoms with Gasteiger partial charge in [0, 0.05) is 39.3 Å². The summed E-state index contributed by atoms with van der Waals surface area (Å²) in [5, 5.41) is 50.9. The number of hydrogen-bond donors (Lipinski definition) is 8. The molecule has 0 amide bonds. The first-order valence-electron chi connectivity index (χ1n) is 11.9. The lowest BCUT2D eigenvalue weighted by molar-refractivity contribution is 0.136. The maximum Gasteiger partial charge on any atom is 0.469 e. The van der Waals surface area contributed by atoms with E-state index < -0.39 is 7.82 Å². The van der Waals surface area contributed by atoms with Gasteiger partial charge in [0.1, 0.15) is 0 Å². The topological polar surface area (TPSA) is 195 Å². The molecule has 12 nitrogen and oxygen atoms in total. The summed E-state index contributed by atoms with van der Waals surface area (Å²) in [6.07, 6.45) is 5.23. The zero-order chi connectivity index (χ0) is 26.7. The smallest absolute Gasteiger partial charge is 0.395 e. The highest BCUT2D eigenvalue weighted by Gasteiger charge is 2.12. The van der Waals surface area contributed by atoms with Crippen molar-refractivity contribution in [2.24, 2.45) is 5.92 Å².